The quantitative estimate of drug-likeness (QED) is 0.0276. The molecule has 0 fully saturated rings. The van der Waals surface area contributed by atoms with Gasteiger partial charge in [-0.1, -0.05) is 185 Å². The van der Waals surface area contributed by atoms with Crippen LogP contribution >= 0.6 is 7.82 Å². The van der Waals surface area contributed by atoms with Crippen molar-refractivity contribution < 1.29 is 32.9 Å². The summed E-state index contributed by atoms with van der Waals surface area (Å²) in [5.41, 5.74) is 0. The number of likely N-dealkylation sites (N-methyl/N-ethyl adjacent to an activating group) is 1. The molecule has 1 amide bonds. The molecule has 0 heterocycles. The highest BCUT2D eigenvalue weighted by Gasteiger charge is 2.23. The van der Waals surface area contributed by atoms with Gasteiger partial charge in [-0.25, -0.2) is 0 Å². The second kappa shape index (κ2) is 38.2. The Hall–Kier alpha value is -1.28. The number of amides is 1. The summed E-state index contributed by atoms with van der Waals surface area (Å²) in [6.45, 7) is 4.54. The zero-order valence-electron chi connectivity index (χ0n) is 36.6. The molecule has 0 saturated carbocycles. The topological polar surface area (TPSA) is 108 Å². The second-order valence-electron chi connectivity index (χ2n) is 16.7. The maximum absolute atomic E-state index is 12.9. The summed E-state index contributed by atoms with van der Waals surface area (Å²) >= 11 is 0. The number of phosphoric acid groups is 1. The van der Waals surface area contributed by atoms with Gasteiger partial charge in [0.05, 0.1) is 39.9 Å². The Bertz CT molecular complexity index is 995. The number of phosphoric ester groups is 1. The van der Waals surface area contributed by atoms with Gasteiger partial charge in [-0.05, 0) is 44.9 Å². The monoisotopic (exact) mass is 797 g/mol. The van der Waals surface area contributed by atoms with Gasteiger partial charge in [0.25, 0.3) is 7.82 Å². The van der Waals surface area contributed by atoms with Gasteiger partial charge in [0.2, 0.25) is 5.91 Å². The van der Waals surface area contributed by atoms with Crippen LogP contribution in [0.1, 0.15) is 200 Å². The van der Waals surface area contributed by atoms with Crippen molar-refractivity contribution in [1.82, 2.24) is 5.32 Å². The summed E-state index contributed by atoms with van der Waals surface area (Å²) in [5.74, 6) is -0.199. The van der Waals surface area contributed by atoms with Crippen LogP contribution in [-0.4, -0.2) is 68.5 Å². The maximum Gasteiger partial charge on any atom is 0.268 e. The van der Waals surface area contributed by atoms with E-state index >= 15 is 0 Å². The lowest BCUT2D eigenvalue weighted by Gasteiger charge is -2.29. The molecular weight excluding hydrogens is 707 g/mol. The number of carbonyl (C=O) groups is 1. The fourth-order valence-corrected chi connectivity index (χ4v) is 7.21. The first kappa shape index (κ1) is 53.7. The van der Waals surface area contributed by atoms with Crippen molar-refractivity contribution in [2.45, 2.75) is 212 Å². The van der Waals surface area contributed by atoms with Gasteiger partial charge in [-0.2, -0.15) is 0 Å². The molecule has 0 radical (unpaired) electrons. The highest BCUT2D eigenvalue weighted by Crippen LogP contribution is 2.38. The Labute approximate surface area is 340 Å². The number of aliphatic hydroxyl groups is 1. The Kier molecular flexibility index (Phi) is 37.4. The number of nitrogens with one attached hydrogen (secondary N) is 1. The van der Waals surface area contributed by atoms with Gasteiger partial charge >= 0.3 is 0 Å². The summed E-state index contributed by atoms with van der Waals surface area (Å²) < 4.78 is 23.2. The number of allylic oxidation sites excluding steroid dienone is 5. The molecule has 0 bridgehead atoms. The van der Waals surface area contributed by atoms with Crippen LogP contribution in [-0.2, 0) is 18.4 Å². The SMILES string of the molecule is CC/C=C\C/C=C\CCCCCCCCCCCCCCCCC(=O)NC(COP(=O)([O-])OCC[N+](C)(C)C)C(O)/C=C/CCCCCCCCCCCC. The number of aliphatic hydroxyl groups excluding tert-OH is 1. The van der Waals surface area contributed by atoms with E-state index in [0.717, 1.165) is 51.4 Å². The zero-order chi connectivity index (χ0) is 40.7. The lowest BCUT2D eigenvalue weighted by atomic mass is 10.0. The van der Waals surface area contributed by atoms with Crippen molar-refractivity contribution in [3.8, 4) is 0 Å². The van der Waals surface area contributed by atoms with Crippen molar-refractivity contribution in [3.05, 3.63) is 36.5 Å². The highest BCUT2D eigenvalue weighted by atomic mass is 31.2. The van der Waals surface area contributed by atoms with E-state index in [1.165, 1.54) is 128 Å². The van der Waals surface area contributed by atoms with Gasteiger partial charge < -0.3 is 28.8 Å². The number of hydrogen-bond donors (Lipinski definition) is 2. The summed E-state index contributed by atoms with van der Waals surface area (Å²) in [5, 5.41) is 13.8. The fraction of sp³-hybridized carbons (Fsp3) is 0.848. The first-order valence-corrected chi connectivity index (χ1v) is 24.3. The molecule has 0 aromatic carbocycles. The van der Waals surface area contributed by atoms with E-state index in [-0.39, 0.29) is 19.1 Å². The molecule has 9 heteroatoms. The largest absolute Gasteiger partial charge is 0.756 e. The molecule has 324 valence electrons. The molecular formula is C46H89N2O6P. The third-order valence-corrected chi connectivity index (χ3v) is 11.1. The van der Waals surface area contributed by atoms with Gasteiger partial charge in [-0.3, -0.25) is 9.36 Å². The predicted octanol–water partition coefficient (Wildman–Crippen LogP) is 12.1. The number of rotatable bonds is 41. The van der Waals surface area contributed by atoms with Crippen LogP contribution in [0.15, 0.2) is 36.5 Å². The minimum atomic E-state index is -4.58. The van der Waals surface area contributed by atoms with Crippen LogP contribution in [0.3, 0.4) is 0 Å². The molecule has 2 N–H and O–H groups in total. The molecule has 0 aliphatic rings. The Morgan fingerprint density at radius 1 is 0.655 bits per heavy atom. The minimum Gasteiger partial charge on any atom is -0.756 e. The van der Waals surface area contributed by atoms with Crippen LogP contribution in [0.2, 0.25) is 0 Å². The molecule has 0 saturated heterocycles. The summed E-state index contributed by atoms with van der Waals surface area (Å²) in [4.78, 5) is 25.3. The van der Waals surface area contributed by atoms with Gasteiger partial charge in [-0.15, -0.1) is 0 Å². The summed E-state index contributed by atoms with van der Waals surface area (Å²) in [7, 11) is 1.26. The molecule has 8 nitrogen and oxygen atoms in total. The third kappa shape index (κ3) is 40.7. The van der Waals surface area contributed by atoms with E-state index in [2.05, 4.69) is 43.5 Å². The molecule has 3 atom stereocenters. The Morgan fingerprint density at radius 3 is 1.60 bits per heavy atom. The normalized spacial score (nSPS) is 14.7. The van der Waals surface area contributed by atoms with Gasteiger partial charge in [0.1, 0.15) is 13.2 Å². The molecule has 0 aromatic heterocycles. The van der Waals surface area contributed by atoms with Crippen molar-refractivity contribution in [2.24, 2.45) is 0 Å². The van der Waals surface area contributed by atoms with E-state index in [1.807, 2.05) is 27.2 Å². The summed E-state index contributed by atoms with van der Waals surface area (Å²) in [6.07, 6.45) is 46.2. The highest BCUT2D eigenvalue weighted by molar-refractivity contribution is 7.45. The zero-order valence-corrected chi connectivity index (χ0v) is 37.5. The van der Waals surface area contributed by atoms with Crippen molar-refractivity contribution in [1.29, 1.82) is 0 Å². The number of nitrogens with zero attached hydrogens (tertiary/aromatic N) is 1. The van der Waals surface area contributed by atoms with E-state index in [1.54, 1.807) is 6.08 Å². The smallest absolute Gasteiger partial charge is 0.268 e. The molecule has 0 aliphatic carbocycles. The van der Waals surface area contributed by atoms with Crippen molar-refractivity contribution >= 4 is 13.7 Å². The molecule has 0 aromatic rings. The van der Waals surface area contributed by atoms with E-state index < -0.39 is 20.0 Å². The average Bonchev–Trinajstić information content (AvgIpc) is 3.13. The van der Waals surface area contributed by atoms with E-state index in [9.17, 15) is 19.4 Å². The molecule has 0 aliphatic heterocycles. The van der Waals surface area contributed by atoms with Gasteiger partial charge in [0.15, 0.2) is 0 Å². The van der Waals surface area contributed by atoms with Crippen LogP contribution in [0.5, 0.6) is 0 Å². The van der Waals surface area contributed by atoms with Gasteiger partial charge in [0, 0.05) is 6.42 Å². The van der Waals surface area contributed by atoms with Crippen LogP contribution < -0.4 is 10.2 Å². The predicted molar refractivity (Wildman–Crippen MR) is 233 cm³/mol. The average molecular weight is 797 g/mol. The molecule has 0 spiro atoms. The summed E-state index contributed by atoms with van der Waals surface area (Å²) in [6, 6.07) is -0.883. The standard InChI is InChI=1S/C46H89N2O6P/c1-6-8-10-12-14-16-18-20-21-22-23-24-25-26-27-28-30-32-34-36-38-40-46(50)47-44(43-54-55(51,52)53-42-41-48(3,4)5)45(49)39-37-35-33-31-29-19-17-15-13-11-9-7-2/h8,10,14,16,37,39,44-45,49H,6-7,9,11-13,15,17-36,38,40-43H2,1-5H3,(H-,47,50,51,52)/b10-8-,16-14-,39-37+. The lowest BCUT2D eigenvalue weighted by molar-refractivity contribution is -0.870. The second-order valence-corrected chi connectivity index (χ2v) is 18.1. The number of unbranched alkanes of at least 4 members (excludes halogenated alkanes) is 24. The van der Waals surface area contributed by atoms with Crippen molar-refractivity contribution in [2.75, 3.05) is 40.9 Å². The Morgan fingerprint density at radius 2 is 1.11 bits per heavy atom. The number of hydrogen-bond acceptors (Lipinski definition) is 6. The van der Waals surface area contributed by atoms with Crippen LogP contribution in [0, 0.1) is 0 Å². The molecule has 0 rings (SSSR count). The van der Waals surface area contributed by atoms with E-state index in [0.29, 0.717) is 17.4 Å². The lowest BCUT2D eigenvalue weighted by Crippen LogP contribution is -2.45. The maximum atomic E-state index is 12.9. The van der Waals surface area contributed by atoms with Crippen LogP contribution in [0.4, 0.5) is 0 Å². The fourth-order valence-electron chi connectivity index (χ4n) is 6.48. The first-order valence-electron chi connectivity index (χ1n) is 22.9. The number of quaternary nitrogens is 1. The molecule has 55 heavy (non-hydrogen) atoms. The number of carbonyl (C=O) groups excluding carboxylic acids is 1. The molecule has 3 unspecified atom stereocenters. The third-order valence-electron chi connectivity index (χ3n) is 10.1. The minimum absolute atomic E-state index is 0.000696. The van der Waals surface area contributed by atoms with E-state index in [4.69, 9.17) is 9.05 Å². The van der Waals surface area contributed by atoms with Crippen molar-refractivity contribution in [3.63, 3.8) is 0 Å². The Balaban J connectivity index is 4.29. The van der Waals surface area contributed by atoms with Crippen LogP contribution in [0.25, 0.3) is 0 Å². The first-order chi connectivity index (χ1) is 26.5.